The minimum atomic E-state index is 0. The molecule has 0 aliphatic rings. The first-order valence-electron chi connectivity index (χ1n) is 3.51. The number of quaternary nitrogens is 1. The Morgan fingerprint density at radius 3 is 1.91 bits per heavy atom. The number of nitrogens with zero attached hydrogens (tertiary/aromatic N) is 1. The molecule has 0 aromatic carbocycles. The number of halogens is 2. The number of nitrogens with one attached hydrogen (secondary N) is 1. The van der Waals surface area contributed by atoms with Crippen molar-refractivity contribution in [3.05, 3.63) is 0 Å². The van der Waals surface area contributed by atoms with Gasteiger partial charge in [0.2, 0.25) is 0 Å². The maximum Gasteiger partial charge on any atom is 0.0792 e. The molecule has 0 rings (SSSR count). The second-order valence-corrected chi connectivity index (χ2v) is 3.47. The van der Waals surface area contributed by atoms with Crippen molar-refractivity contribution in [2.45, 2.75) is 6.42 Å². The Bertz CT molecular complexity index is 71.3. The van der Waals surface area contributed by atoms with Crippen LogP contribution < -0.4 is 17.7 Å². The summed E-state index contributed by atoms with van der Waals surface area (Å²) in [6, 6.07) is 0. The van der Waals surface area contributed by atoms with Gasteiger partial charge in [0.25, 0.3) is 0 Å². The number of hydrogen-bond donors (Lipinski definition) is 1. The van der Waals surface area contributed by atoms with E-state index in [2.05, 4.69) is 26.5 Å². The molecule has 2 nitrogen and oxygen atoms in total. The van der Waals surface area contributed by atoms with Gasteiger partial charge in [0.15, 0.2) is 0 Å². The van der Waals surface area contributed by atoms with E-state index in [1.54, 1.807) is 0 Å². The monoisotopic (exact) mass is 202 g/mol. The summed E-state index contributed by atoms with van der Waals surface area (Å²) in [7, 11) is 8.65. The van der Waals surface area contributed by atoms with Crippen LogP contribution in [-0.2, 0) is 0 Å². The molecular weight excluding hydrogens is 183 g/mol. The van der Waals surface area contributed by atoms with E-state index in [1.165, 1.54) is 13.0 Å². The molecule has 72 valence electrons. The summed E-state index contributed by atoms with van der Waals surface area (Å²) in [4.78, 5) is 0. The largest absolute Gasteiger partial charge is 1.00 e. The first-order valence-corrected chi connectivity index (χ1v) is 3.51. The molecule has 0 atom stereocenters. The minimum Gasteiger partial charge on any atom is -1.00 e. The van der Waals surface area contributed by atoms with E-state index >= 15 is 0 Å². The summed E-state index contributed by atoms with van der Waals surface area (Å²) in [5, 5.41) is 3.13. The molecule has 0 aromatic heterocycles. The Hall–Kier alpha value is 0.500. The molecule has 0 amide bonds. The van der Waals surface area contributed by atoms with Crippen LogP contribution in [0.1, 0.15) is 6.42 Å². The molecule has 0 aliphatic carbocycles. The highest BCUT2D eigenvalue weighted by atomic mass is 35.5. The van der Waals surface area contributed by atoms with Crippen molar-refractivity contribution in [2.75, 3.05) is 41.3 Å². The summed E-state index contributed by atoms with van der Waals surface area (Å²) in [6.45, 7) is 2.39. The fourth-order valence-electron chi connectivity index (χ4n) is 0.730. The SMILES string of the molecule is CNCCC[N+](C)(C)C.Cl.[Cl-]. The molecule has 0 spiro atoms. The quantitative estimate of drug-likeness (QED) is 0.401. The van der Waals surface area contributed by atoms with Crippen molar-refractivity contribution >= 4 is 12.4 Å². The lowest BCUT2D eigenvalue weighted by Gasteiger charge is -2.23. The zero-order chi connectivity index (χ0) is 7.33. The predicted octanol–water partition coefficient (Wildman–Crippen LogP) is -2.27. The van der Waals surface area contributed by atoms with Gasteiger partial charge in [-0.15, -0.1) is 12.4 Å². The predicted molar refractivity (Wildman–Crippen MR) is 48.7 cm³/mol. The molecule has 0 bridgehead atoms. The summed E-state index contributed by atoms with van der Waals surface area (Å²) >= 11 is 0. The highest BCUT2D eigenvalue weighted by molar-refractivity contribution is 5.85. The Morgan fingerprint density at radius 2 is 1.64 bits per heavy atom. The van der Waals surface area contributed by atoms with Crippen LogP contribution in [0.15, 0.2) is 0 Å². The molecule has 0 fully saturated rings. The Kier molecular flexibility index (Phi) is 13.7. The first-order chi connectivity index (χ1) is 4.06. The Balaban J connectivity index is -0.000000320. The van der Waals surface area contributed by atoms with Gasteiger partial charge in [0.05, 0.1) is 27.7 Å². The zero-order valence-electron chi connectivity index (χ0n) is 7.85. The van der Waals surface area contributed by atoms with Crippen molar-refractivity contribution in [2.24, 2.45) is 0 Å². The normalized spacial score (nSPS) is 9.82. The molecule has 0 heterocycles. The third kappa shape index (κ3) is 18.0. The fraction of sp³-hybridized carbons (Fsp3) is 1.00. The van der Waals surface area contributed by atoms with Crippen molar-refractivity contribution in [3.8, 4) is 0 Å². The Labute approximate surface area is 82.8 Å². The molecule has 0 radical (unpaired) electrons. The third-order valence-electron chi connectivity index (χ3n) is 1.26. The van der Waals surface area contributed by atoms with Gasteiger partial charge in [-0.1, -0.05) is 0 Å². The van der Waals surface area contributed by atoms with Crippen molar-refractivity contribution in [1.29, 1.82) is 0 Å². The van der Waals surface area contributed by atoms with Crippen LogP contribution in [0.2, 0.25) is 0 Å². The second-order valence-electron chi connectivity index (χ2n) is 3.47. The van der Waals surface area contributed by atoms with Gasteiger partial charge < -0.3 is 22.2 Å². The smallest absolute Gasteiger partial charge is 0.0792 e. The highest BCUT2D eigenvalue weighted by Gasteiger charge is 2.03. The fourth-order valence-corrected chi connectivity index (χ4v) is 0.730. The molecule has 11 heavy (non-hydrogen) atoms. The van der Waals surface area contributed by atoms with Crippen LogP contribution in [-0.4, -0.2) is 45.8 Å². The third-order valence-corrected chi connectivity index (χ3v) is 1.26. The number of hydrogen-bond acceptors (Lipinski definition) is 1. The van der Waals surface area contributed by atoms with E-state index in [9.17, 15) is 0 Å². The summed E-state index contributed by atoms with van der Waals surface area (Å²) in [5.74, 6) is 0. The highest BCUT2D eigenvalue weighted by Crippen LogP contribution is 1.90. The van der Waals surface area contributed by atoms with Gasteiger partial charge in [-0.3, -0.25) is 0 Å². The van der Waals surface area contributed by atoms with Crippen LogP contribution in [0.4, 0.5) is 0 Å². The topological polar surface area (TPSA) is 12.0 Å². The average molecular weight is 203 g/mol. The zero-order valence-corrected chi connectivity index (χ0v) is 9.43. The molecule has 0 unspecified atom stereocenters. The van der Waals surface area contributed by atoms with Crippen LogP contribution in [0.3, 0.4) is 0 Å². The lowest BCUT2D eigenvalue weighted by atomic mass is 10.4. The second kappa shape index (κ2) is 8.60. The van der Waals surface area contributed by atoms with E-state index in [0.717, 1.165) is 11.0 Å². The summed E-state index contributed by atoms with van der Waals surface area (Å²) < 4.78 is 1.07. The van der Waals surface area contributed by atoms with Gasteiger partial charge in [0.1, 0.15) is 0 Å². The van der Waals surface area contributed by atoms with E-state index in [0.29, 0.717) is 0 Å². The molecule has 0 aliphatic heterocycles. The van der Waals surface area contributed by atoms with E-state index < -0.39 is 0 Å². The van der Waals surface area contributed by atoms with Crippen molar-refractivity contribution in [1.82, 2.24) is 5.32 Å². The maximum atomic E-state index is 3.13. The molecule has 0 aromatic rings. The van der Waals surface area contributed by atoms with E-state index in [1.807, 2.05) is 7.05 Å². The molecule has 4 heteroatoms. The van der Waals surface area contributed by atoms with Gasteiger partial charge in [0, 0.05) is 13.0 Å². The van der Waals surface area contributed by atoms with Crippen molar-refractivity contribution in [3.63, 3.8) is 0 Å². The van der Waals surface area contributed by atoms with Gasteiger partial charge in [-0.05, 0) is 7.05 Å². The van der Waals surface area contributed by atoms with Gasteiger partial charge in [-0.2, -0.15) is 0 Å². The van der Waals surface area contributed by atoms with Gasteiger partial charge >= 0.3 is 0 Å². The standard InChI is InChI=1S/C7H19N2.2ClH/c1-8-6-5-7-9(2,3)4;;/h8H,5-7H2,1-4H3;2*1H/q+1;;/p-1. The lowest BCUT2D eigenvalue weighted by Crippen LogP contribution is -3.00. The van der Waals surface area contributed by atoms with Crippen LogP contribution in [0.5, 0.6) is 0 Å². The Morgan fingerprint density at radius 1 is 1.18 bits per heavy atom. The van der Waals surface area contributed by atoms with Crippen LogP contribution in [0, 0.1) is 0 Å². The van der Waals surface area contributed by atoms with Gasteiger partial charge in [-0.25, -0.2) is 0 Å². The molecule has 1 N–H and O–H groups in total. The first kappa shape index (κ1) is 17.5. The lowest BCUT2D eigenvalue weighted by molar-refractivity contribution is -0.870. The summed E-state index contributed by atoms with van der Waals surface area (Å²) in [5.41, 5.74) is 0. The van der Waals surface area contributed by atoms with Crippen LogP contribution in [0.25, 0.3) is 0 Å². The average Bonchev–Trinajstić information content (AvgIpc) is 1.63. The van der Waals surface area contributed by atoms with E-state index in [-0.39, 0.29) is 24.8 Å². The molecule has 0 saturated carbocycles. The van der Waals surface area contributed by atoms with Crippen molar-refractivity contribution < 1.29 is 16.9 Å². The number of rotatable bonds is 4. The van der Waals surface area contributed by atoms with E-state index in [4.69, 9.17) is 0 Å². The minimum absolute atomic E-state index is 0. The molecular formula is C7H20Cl2N2. The maximum absolute atomic E-state index is 3.13. The van der Waals surface area contributed by atoms with Crippen LogP contribution >= 0.6 is 12.4 Å². The molecule has 0 saturated heterocycles. The summed E-state index contributed by atoms with van der Waals surface area (Å²) in [6.07, 6.45) is 1.26.